The highest BCUT2D eigenvalue weighted by Crippen LogP contribution is 2.27. The monoisotopic (exact) mass is 268 g/mol. The van der Waals surface area contributed by atoms with Crippen LogP contribution in [0.4, 0.5) is 5.69 Å². The summed E-state index contributed by atoms with van der Waals surface area (Å²) in [5.41, 5.74) is 3.73. The van der Waals surface area contributed by atoms with E-state index in [1.165, 1.54) is 16.8 Å². The van der Waals surface area contributed by atoms with Crippen LogP contribution in [-0.4, -0.2) is 33.3 Å². The van der Waals surface area contributed by atoms with Crippen LogP contribution in [0.1, 0.15) is 0 Å². The number of rotatable bonds is 3. The van der Waals surface area contributed by atoms with E-state index in [0.29, 0.717) is 0 Å². The lowest BCUT2D eigenvalue weighted by Gasteiger charge is -2.29. The van der Waals surface area contributed by atoms with Crippen LogP contribution < -0.4 is 15.0 Å². The Hall–Kier alpha value is -2.00. The fraction of sp³-hybridized carbons (Fsp3) is 0.294. The third-order valence-electron chi connectivity index (χ3n) is 3.73. The molecule has 2 aromatic rings. The molecule has 20 heavy (non-hydrogen) atoms. The minimum absolute atomic E-state index is 0.898. The number of anilines is 1. The molecule has 0 aliphatic carbocycles. The predicted molar refractivity (Wildman–Crippen MR) is 83.5 cm³/mol. The van der Waals surface area contributed by atoms with Gasteiger partial charge in [-0.3, -0.25) is 0 Å². The van der Waals surface area contributed by atoms with Gasteiger partial charge in [0, 0.05) is 31.9 Å². The number of ether oxygens (including phenoxy) is 1. The molecule has 0 amide bonds. The second-order valence-corrected chi connectivity index (χ2v) is 5.02. The minimum atomic E-state index is 0.898. The van der Waals surface area contributed by atoms with Crippen LogP contribution in [0.3, 0.4) is 0 Å². The predicted octanol–water partition coefficient (Wildman–Crippen LogP) is 2.77. The van der Waals surface area contributed by atoms with Gasteiger partial charge in [-0.05, 0) is 35.4 Å². The first-order chi connectivity index (χ1) is 9.86. The molecule has 0 atom stereocenters. The summed E-state index contributed by atoms with van der Waals surface area (Å²) in [5, 5.41) is 3.39. The van der Waals surface area contributed by atoms with Gasteiger partial charge in [0.25, 0.3) is 0 Å². The SMILES string of the molecule is COc1cccc(-c2cccc(N3CCNCC3)c2)c1. The maximum Gasteiger partial charge on any atom is 0.119 e. The van der Waals surface area contributed by atoms with Crippen molar-refractivity contribution in [3.63, 3.8) is 0 Å². The Morgan fingerprint density at radius 2 is 1.65 bits per heavy atom. The van der Waals surface area contributed by atoms with E-state index in [-0.39, 0.29) is 0 Å². The fourth-order valence-electron chi connectivity index (χ4n) is 2.61. The van der Waals surface area contributed by atoms with E-state index in [2.05, 4.69) is 46.6 Å². The van der Waals surface area contributed by atoms with E-state index in [4.69, 9.17) is 4.74 Å². The zero-order valence-corrected chi connectivity index (χ0v) is 11.8. The van der Waals surface area contributed by atoms with E-state index >= 15 is 0 Å². The Balaban J connectivity index is 1.89. The topological polar surface area (TPSA) is 24.5 Å². The molecule has 0 radical (unpaired) electrons. The van der Waals surface area contributed by atoms with Crippen molar-refractivity contribution in [3.8, 4) is 16.9 Å². The van der Waals surface area contributed by atoms with Gasteiger partial charge in [-0.2, -0.15) is 0 Å². The molecule has 0 bridgehead atoms. The van der Waals surface area contributed by atoms with Crippen molar-refractivity contribution in [2.45, 2.75) is 0 Å². The minimum Gasteiger partial charge on any atom is -0.497 e. The Bertz CT molecular complexity index is 577. The highest BCUT2D eigenvalue weighted by Gasteiger charge is 2.11. The number of piperazine rings is 1. The standard InChI is InChI=1S/C17H20N2O/c1-20-17-7-3-5-15(13-17)14-4-2-6-16(12-14)19-10-8-18-9-11-19/h2-7,12-13,18H,8-11H2,1H3. The Morgan fingerprint density at radius 1 is 0.950 bits per heavy atom. The van der Waals surface area contributed by atoms with Crippen LogP contribution in [0.15, 0.2) is 48.5 Å². The molecule has 1 saturated heterocycles. The number of methoxy groups -OCH3 is 1. The summed E-state index contributed by atoms with van der Waals surface area (Å²) < 4.78 is 5.30. The number of nitrogens with zero attached hydrogens (tertiary/aromatic N) is 1. The van der Waals surface area contributed by atoms with E-state index in [1.54, 1.807) is 7.11 Å². The second kappa shape index (κ2) is 5.97. The zero-order chi connectivity index (χ0) is 13.8. The van der Waals surface area contributed by atoms with Crippen molar-refractivity contribution >= 4 is 5.69 Å². The molecule has 3 rings (SSSR count). The van der Waals surface area contributed by atoms with E-state index < -0.39 is 0 Å². The molecular weight excluding hydrogens is 248 g/mol. The van der Waals surface area contributed by atoms with Gasteiger partial charge in [-0.15, -0.1) is 0 Å². The third-order valence-corrected chi connectivity index (χ3v) is 3.73. The van der Waals surface area contributed by atoms with Gasteiger partial charge in [-0.25, -0.2) is 0 Å². The molecular formula is C17H20N2O. The van der Waals surface area contributed by atoms with Crippen molar-refractivity contribution in [1.82, 2.24) is 5.32 Å². The van der Waals surface area contributed by atoms with Crippen LogP contribution in [-0.2, 0) is 0 Å². The highest BCUT2D eigenvalue weighted by atomic mass is 16.5. The normalized spacial score (nSPS) is 15.2. The molecule has 3 nitrogen and oxygen atoms in total. The summed E-state index contributed by atoms with van der Waals surface area (Å²) >= 11 is 0. The van der Waals surface area contributed by atoms with Gasteiger partial charge in [0.1, 0.15) is 5.75 Å². The summed E-state index contributed by atoms with van der Waals surface area (Å²) in [4.78, 5) is 2.43. The van der Waals surface area contributed by atoms with Gasteiger partial charge < -0.3 is 15.0 Å². The third kappa shape index (κ3) is 2.78. The molecule has 1 fully saturated rings. The van der Waals surface area contributed by atoms with Gasteiger partial charge in [0.05, 0.1) is 7.11 Å². The molecule has 1 aliphatic heterocycles. The molecule has 0 unspecified atom stereocenters. The smallest absolute Gasteiger partial charge is 0.119 e. The summed E-state index contributed by atoms with van der Waals surface area (Å²) in [6.07, 6.45) is 0. The van der Waals surface area contributed by atoms with Crippen molar-refractivity contribution in [3.05, 3.63) is 48.5 Å². The van der Waals surface area contributed by atoms with Gasteiger partial charge in [0.2, 0.25) is 0 Å². The van der Waals surface area contributed by atoms with Gasteiger partial charge in [-0.1, -0.05) is 24.3 Å². The van der Waals surface area contributed by atoms with Gasteiger partial charge in [0.15, 0.2) is 0 Å². The largest absolute Gasteiger partial charge is 0.497 e. The van der Waals surface area contributed by atoms with Crippen LogP contribution >= 0.6 is 0 Å². The Kier molecular flexibility index (Phi) is 3.88. The van der Waals surface area contributed by atoms with Crippen molar-refractivity contribution < 1.29 is 4.74 Å². The van der Waals surface area contributed by atoms with Crippen molar-refractivity contribution in [1.29, 1.82) is 0 Å². The fourth-order valence-corrected chi connectivity index (χ4v) is 2.61. The second-order valence-electron chi connectivity index (χ2n) is 5.02. The van der Waals surface area contributed by atoms with E-state index in [0.717, 1.165) is 31.9 Å². The summed E-state index contributed by atoms with van der Waals surface area (Å²) in [7, 11) is 1.70. The van der Waals surface area contributed by atoms with Crippen LogP contribution in [0, 0.1) is 0 Å². The molecule has 3 heteroatoms. The highest BCUT2D eigenvalue weighted by molar-refractivity contribution is 5.69. The van der Waals surface area contributed by atoms with Crippen LogP contribution in [0.2, 0.25) is 0 Å². The maximum absolute atomic E-state index is 5.30. The number of hydrogen-bond donors (Lipinski definition) is 1. The summed E-state index contributed by atoms with van der Waals surface area (Å²) in [6.45, 7) is 4.26. The number of benzene rings is 2. The average molecular weight is 268 g/mol. The van der Waals surface area contributed by atoms with E-state index in [1.807, 2.05) is 12.1 Å². The molecule has 1 N–H and O–H groups in total. The molecule has 104 valence electrons. The first-order valence-electron chi connectivity index (χ1n) is 7.07. The first-order valence-corrected chi connectivity index (χ1v) is 7.07. The number of hydrogen-bond acceptors (Lipinski definition) is 3. The lowest BCUT2D eigenvalue weighted by atomic mass is 10.0. The van der Waals surface area contributed by atoms with Crippen molar-refractivity contribution in [2.75, 3.05) is 38.2 Å². The molecule has 2 aromatic carbocycles. The zero-order valence-electron chi connectivity index (χ0n) is 11.8. The lowest BCUT2D eigenvalue weighted by molar-refractivity contribution is 0.415. The molecule has 0 spiro atoms. The Labute approximate surface area is 120 Å². The molecule has 0 saturated carbocycles. The molecule has 1 heterocycles. The van der Waals surface area contributed by atoms with Crippen LogP contribution in [0.25, 0.3) is 11.1 Å². The number of nitrogens with one attached hydrogen (secondary N) is 1. The summed E-state index contributed by atoms with van der Waals surface area (Å²) in [6, 6.07) is 17.0. The summed E-state index contributed by atoms with van der Waals surface area (Å²) in [5.74, 6) is 0.898. The molecule has 0 aromatic heterocycles. The van der Waals surface area contributed by atoms with Crippen molar-refractivity contribution in [2.24, 2.45) is 0 Å². The van der Waals surface area contributed by atoms with Gasteiger partial charge >= 0.3 is 0 Å². The quantitative estimate of drug-likeness (QED) is 0.926. The average Bonchev–Trinajstić information content (AvgIpc) is 2.56. The first kappa shape index (κ1) is 13.0. The maximum atomic E-state index is 5.30. The Morgan fingerprint density at radius 3 is 2.40 bits per heavy atom. The lowest BCUT2D eigenvalue weighted by Crippen LogP contribution is -2.43. The molecule has 1 aliphatic rings. The van der Waals surface area contributed by atoms with E-state index in [9.17, 15) is 0 Å². The van der Waals surface area contributed by atoms with Crippen LogP contribution in [0.5, 0.6) is 5.75 Å².